The molecule has 0 aliphatic carbocycles. The Bertz CT molecular complexity index is 1000. The van der Waals surface area contributed by atoms with Crippen LogP contribution >= 0.6 is 23.2 Å². The van der Waals surface area contributed by atoms with Gasteiger partial charge in [0.2, 0.25) is 11.6 Å². The summed E-state index contributed by atoms with van der Waals surface area (Å²) in [6.07, 6.45) is 1.35. The fourth-order valence-corrected chi connectivity index (χ4v) is 2.44. The highest BCUT2D eigenvalue weighted by Gasteiger charge is 2.23. The molecule has 0 unspecified atom stereocenters. The van der Waals surface area contributed by atoms with E-state index in [1.54, 1.807) is 18.2 Å². The molecule has 0 saturated heterocycles. The van der Waals surface area contributed by atoms with E-state index in [1.807, 2.05) is 0 Å². The van der Waals surface area contributed by atoms with E-state index < -0.39 is 5.91 Å². The van der Waals surface area contributed by atoms with Gasteiger partial charge in [-0.05, 0) is 16.4 Å². The number of nitrogens with two attached hydrogens (primary N) is 1. The summed E-state index contributed by atoms with van der Waals surface area (Å²) >= 11 is 12.0. The lowest BCUT2D eigenvalue weighted by molar-refractivity contribution is 0.0944. The molecule has 0 radical (unpaired) electrons. The van der Waals surface area contributed by atoms with Crippen molar-refractivity contribution in [1.82, 2.24) is 30.7 Å². The number of nitrogens with one attached hydrogen (secondary N) is 1. The van der Waals surface area contributed by atoms with Crippen molar-refractivity contribution < 1.29 is 14.2 Å². The summed E-state index contributed by atoms with van der Waals surface area (Å²) in [5.41, 5.74) is 8.77. The van der Waals surface area contributed by atoms with Crippen LogP contribution in [0.25, 0.3) is 5.82 Å². The Kier molecular flexibility index (Phi) is 5.64. The van der Waals surface area contributed by atoms with Crippen LogP contribution in [0.15, 0.2) is 27.9 Å². The normalized spacial score (nSPS) is 11.2. The van der Waals surface area contributed by atoms with Crippen LogP contribution in [-0.4, -0.2) is 44.5 Å². The molecule has 2 aromatic heterocycles. The highest BCUT2D eigenvalue weighted by molar-refractivity contribution is 6.43. The molecule has 27 heavy (non-hydrogen) atoms. The van der Waals surface area contributed by atoms with Crippen LogP contribution in [0, 0.1) is 0 Å². The molecule has 13 heteroatoms. The number of aromatic nitrogens is 5. The van der Waals surface area contributed by atoms with Crippen molar-refractivity contribution in [3.8, 4) is 5.82 Å². The summed E-state index contributed by atoms with van der Waals surface area (Å²) in [7, 11) is 1.45. The first kappa shape index (κ1) is 18.8. The fraction of sp³-hybridized carbons (Fsp3) is 0.143. The molecule has 3 aromatic rings. The Balaban J connectivity index is 1.82. The number of ether oxygens (including phenoxy) is 1. The van der Waals surface area contributed by atoms with Gasteiger partial charge in [-0.15, -0.1) is 5.10 Å². The van der Waals surface area contributed by atoms with Crippen molar-refractivity contribution in [2.24, 2.45) is 5.10 Å². The third kappa shape index (κ3) is 3.89. The minimum atomic E-state index is -0.627. The quantitative estimate of drug-likeness (QED) is 0.458. The monoisotopic (exact) mass is 410 g/mol. The molecule has 140 valence electrons. The predicted molar refractivity (Wildman–Crippen MR) is 95.9 cm³/mol. The summed E-state index contributed by atoms with van der Waals surface area (Å²) in [5, 5.41) is 19.3. The molecule has 2 heterocycles. The summed E-state index contributed by atoms with van der Waals surface area (Å²) in [4.78, 5) is 12.4. The van der Waals surface area contributed by atoms with Gasteiger partial charge in [0, 0.05) is 12.7 Å². The maximum Gasteiger partial charge on any atom is 0.293 e. The number of hydrogen-bond donors (Lipinski definition) is 2. The molecule has 1 aromatic carbocycles. The second kappa shape index (κ2) is 8.12. The standard InChI is InChI=1S/C14H12Cl2N8O3/c1-26-6-9-11(19-23-24(9)13-12(17)21-27-22-13)14(25)20-18-5-7-3-2-4-8(15)10(7)16/h2-5H,6H2,1H3,(H2,17,21)(H,20,25). The summed E-state index contributed by atoms with van der Waals surface area (Å²) in [6.45, 7) is 0.00584. The van der Waals surface area contributed by atoms with Gasteiger partial charge in [0.1, 0.15) is 5.69 Å². The van der Waals surface area contributed by atoms with Gasteiger partial charge in [0.05, 0.1) is 22.9 Å². The number of nitrogens with zero attached hydrogens (tertiary/aromatic N) is 6. The minimum absolute atomic E-state index is 0.00584. The van der Waals surface area contributed by atoms with Crippen LogP contribution in [-0.2, 0) is 11.3 Å². The highest BCUT2D eigenvalue weighted by Crippen LogP contribution is 2.24. The zero-order valence-electron chi connectivity index (χ0n) is 13.8. The third-order valence-corrected chi connectivity index (χ3v) is 4.14. The number of halogens is 2. The number of rotatable bonds is 6. The predicted octanol–water partition coefficient (Wildman–Crippen LogP) is 1.45. The molecule has 0 aliphatic rings. The van der Waals surface area contributed by atoms with Crippen molar-refractivity contribution in [3.05, 3.63) is 45.2 Å². The Labute approximate surface area is 162 Å². The molecule has 11 nitrogen and oxygen atoms in total. The zero-order valence-corrected chi connectivity index (χ0v) is 15.3. The lowest BCUT2D eigenvalue weighted by atomic mass is 10.2. The number of methoxy groups -OCH3 is 1. The average molecular weight is 411 g/mol. The Morgan fingerprint density at radius 1 is 1.44 bits per heavy atom. The fourth-order valence-electron chi connectivity index (χ4n) is 2.09. The van der Waals surface area contributed by atoms with Crippen LogP contribution in [0.4, 0.5) is 5.82 Å². The Morgan fingerprint density at radius 3 is 2.96 bits per heavy atom. The van der Waals surface area contributed by atoms with Crippen LogP contribution in [0.5, 0.6) is 0 Å². The Morgan fingerprint density at radius 2 is 2.26 bits per heavy atom. The summed E-state index contributed by atoms with van der Waals surface area (Å²) in [6, 6.07) is 5.03. The van der Waals surface area contributed by atoms with Crippen LogP contribution in [0.2, 0.25) is 10.0 Å². The van der Waals surface area contributed by atoms with E-state index in [4.69, 9.17) is 33.7 Å². The van der Waals surface area contributed by atoms with Crippen LogP contribution in [0.1, 0.15) is 21.7 Å². The summed E-state index contributed by atoms with van der Waals surface area (Å²) < 4.78 is 10.8. The molecule has 0 bridgehead atoms. The van der Waals surface area contributed by atoms with Gasteiger partial charge in [-0.3, -0.25) is 4.79 Å². The van der Waals surface area contributed by atoms with Crippen molar-refractivity contribution in [2.75, 3.05) is 12.8 Å². The van der Waals surface area contributed by atoms with Crippen molar-refractivity contribution in [3.63, 3.8) is 0 Å². The van der Waals surface area contributed by atoms with Gasteiger partial charge in [-0.25, -0.2) is 10.1 Å². The number of anilines is 1. The van der Waals surface area contributed by atoms with E-state index in [0.29, 0.717) is 15.6 Å². The van der Waals surface area contributed by atoms with Gasteiger partial charge < -0.3 is 10.5 Å². The first-order chi connectivity index (χ1) is 13.0. The molecule has 0 saturated carbocycles. The van der Waals surface area contributed by atoms with E-state index in [-0.39, 0.29) is 29.6 Å². The van der Waals surface area contributed by atoms with E-state index >= 15 is 0 Å². The molecule has 3 N–H and O–H groups in total. The molecule has 0 aliphatic heterocycles. The molecule has 0 spiro atoms. The van der Waals surface area contributed by atoms with Crippen LogP contribution in [0.3, 0.4) is 0 Å². The van der Waals surface area contributed by atoms with E-state index in [0.717, 1.165) is 0 Å². The maximum atomic E-state index is 12.4. The SMILES string of the molecule is COCc1c(C(=O)NN=Cc2cccc(Cl)c2Cl)nnn1-c1nonc1N. The molecule has 0 atom stereocenters. The largest absolute Gasteiger partial charge is 0.378 e. The average Bonchev–Trinajstić information content (AvgIpc) is 3.25. The van der Waals surface area contributed by atoms with Crippen LogP contribution < -0.4 is 11.2 Å². The van der Waals surface area contributed by atoms with Gasteiger partial charge in [-0.1, -0.05) is 40.5 Å². The minimum Gasteiger partial charge on any atom is -0.378 e. The number of hydrogen-bond acceptors (Lipinski definition) is 9. The number of hydrazone groups is 1. The number of nitrogen functional groups attached to an aromatic ring is 1. The second-order valence-corrected chi connectivity index (χ2v) is 5.83. The van der Waals surface area contributed by atoms with E-state index in [2.05, 4.69) is 35.8 Å². The number of amides is 1. The van der Waals surface area contributed by atoms with Gasteiger partial charge in [0.25, 0.3) is 5.91 Å². The molecule has 3 rings (SSSR count). The Hall–Kier alpha value is -3.02. The molecular weight excluding hydrogens is 399 g/mol. The lowest BCUT2D eigenvalue weighted by Crippen LogP contribution is -2.20. The first-order valence-corrected chi connectivity index (χ1v) is 8.07. The highest BCUT2D eigenvalue weighted by atomic mass is 35.5. The number of benzene rings is 1. The van der Waals surface area contributed by atoms with Gasteiger partial charge in [0.15, 0.2) is 5.69 Å². The number of carbonyl (C=O) groups excluding carboxylic acids is 1. The molecule has 1 amide bonds. The molecule has 0 fully saturated rings. The number of carbonyl (C=O) groups is 1. The topological polar surface area (TPSA) is 146 Å². The van der Waals surface area contributed by atoms with Crippen molar-refractivity contribution >= 4 is 41.1 Å². The van der Waals surface area contributed by atoms with E-state index in [9.17, 15) is 4.79 Å². The van der Waals surface area contributed by atoms with E-state index in [1.165, 1.54) is 18.0 Å². The molecular formula is C14H12Cl2N8O3. The lowest BCUT2D eigenvalue weighted by Gasteiger charge is -2.04. The maximum absolute atomic E-state index is 12.4. The first-order valence-electron chi connectivity index (χ1n) is 7.32. The van der Waals surface area contributed by atoms with Crippen molar-refractivity contribution in [1.29, 1.82) is 0 Å². The third-order valence-electron chi connectivity index (χ3n) is 3.31. The van der Waals surface area contributed by atoms with Gasteiger partial charge in [-0.2, -0.15) is 9.78 Å². The van der Waals surface area contributed by atoms with Gasteiger partial charge >= 0.3 is 0 Å². The van der Waals surface area contributed by atoms with Crippen molar-refractivity contribution in [2.45, 2.75) is 6.61 Å². The zero-order chi connectivity index (χ0) is 19.4. The smallest absolute Gasteiger partial charge is 0.293 e. The summed E-state index contributed by atoms with van der Waals surface area (Å²) in [5.74, 6) is -0.557. The second-order valence-electron chi connectivity index (χ2n) is 5.04.